The van der Waals surface area contributed by atoms with Crippen LogP contribution in [0.1, 0.15) is 20.3 Å². The van der Waals surface area contributed by atoms with Gasteiger partial charge in [0.25, 0.3) is 5.91 Å². The van der Waals surface area contributed by atoms with Crippen LogP contribution >= 0.6 is 0 Å². The molecule has 6 heteroatoms. The van der Waals surface area contributed by atoms with Crippen LogP contribution in [0.4, 0.5) is 0 Å². The van der Waals surface area contributed by atoms with Crippen LogP contribution < -0.4 is 5.32 Å². The first kappa shape index (κ1) is 12.2. The number of hydrogen-bond donors (Lipinski definition) is 2. The molecule has 0 spiro atoms. The van der Waals surface area contributed by atoms with E-state index in [4.69, 9.17) is 5.21 Å². The lowest BCUT2D eigenvalue weighted by molar-refractivity contribution is -0.115. The van der Waals surface area contributed by atoms with Gasteiger partial charge in [-0.2, -0.15) is 5.10 Å². The molecule has 1 amide bonds. The van der Waals surface area contributed by atoms with E-state index in [1.165, 1.54) is 7.05 Å². The molecule has 1 unspecified atom stereocenters. The topological polar surface area (TPSA) is 79.5 Å². The average molecular weight is 224 g/mol. The van der Waals surface area contributed by atoms with Gasteiger partial charge in [0.1, 0.15) is 5.54 Å². The molecule has 0 aromatic carbocycles. The fourth-order valence-electron chi connectivity index (χ4n) is 1.51. The summed E-state index contributed by atoms with van der Waals surface area (Å²) in [4.78, 5) is 11.6. The van der Waals surface area contributed by atoms with Crippen molar-refractivity contribution in [1.82, 2.24) is 15.1 Å². The highest BCUT2D eigenvalue weighted by molar-refractivity contribution is 6.41. The fourth-order valence-corrected chi connectivity index (χ4v) is 1.51. The van der Waals surface area contributed by atoms with Crippen LogP contribution in [-0.2, 0) is 10.3 Å². The number of hydrogen-bond acceptors (Lipinski definition) is 4. The van der Waals surface area contributed by atoms with E-state index in [0.29, 0.717) is 6.42 Å². The summed E-state index contributed by atoms with van der Waals surface area (Å²) < 4.78 is 1.61. The van der Waals surface area contributed by atoms with Gasteiger partial charge in [0.2, 0.25) is 0 Å². The van der Waals surface area contributed by atoms with Crippen molar-refractivity contribution >= 4 is 11.6 Å². The van der Waals surface area contributed by atoms with Gasteiger partial charge in [0, 0.05) is 19.4 Å². The van der Waals surface area contributed by atoms with Gasteiger partial charge in [-0.05, 0) is 19.4 Å². The zero-order chi connectivity index (χ0) is 12.2. The number of nitrogens with one attached hydrogen (secondary N) is 1. The molecule has 0 saturated heterocycles. The first-order valence-electron chi connectivity index (χ1n) is 5.05. The highest BCUT2D eigenvalue weighted by Gasteiger charge is 2.36. The van der Waals surface area contributed by atoms with Gasteiger partial charge < -0.3 is 10.5 Å². The summed E-state index contributed by atoms with van der Waals surface area (Å²) in [7, 11) is 1.49. The minimum atomic E-state index is -0.752. The molecule has 0 radical (unpaired) electrons. The number of oxime groups is 1. The molecule has 1 aromatic heterocycles. The highest BCUT2D eigenvalue weighted by atomic mass is 16.4. The molecule has 0 aliphatic rings. The molecule has 0 saturated carbocycles. The maximum Gasteiger partial charge on any atom is 0.271 e. The maximum absolute atomic E-state index is 11.6. The molecular formula is C10H16N4O2. The van der Waals surface area contributed by atoms with E-state index in [1.807, 2.05) is 6.92 Å². The van der Waals surface area contributed by atoms with Crippen LogP contribution in [-0.4, -0.2) is 33.7 Å². The van der Waals surface area contributed by atoms with E-state index in [1.54, 1.807) is 30.1 Å². The van der Waals surface area contributed by atoms with E-state index < -0.39 is 11.4 Å². The second-order valence-electron chi connectivity index (χ2n) is 3.61. The molecule has 1 atom stereocenters. The number of carbonyl (C=O) groups excluding carboxylic acids is 1. The van der Waals surface area contributed by atoms with Crippen LogP contribution in [0.2, 0.25) is 0 Å². The Balaban J connectivity index is 3.19. The number of amides is 1. The number of aromatic nitrogens is 2. The first-order valence-corrected chi connectivity index (χ1v) is 5.05. The average Bonchev–Trinajstić information content (AvgIpc) is 2.83. The van der Waals surface area contributed by atoms with Gasteiger partial charge in [-0.3, -0.25) is 9.48 Å². The van der Waals surface area contributed by atoms with Crippen LogP contribution in [0, 0.1) is 0 Å². The zero-order valence-electron chi connectivity index (χ0n) is 9.64. The molecule has 0 bridgehead atoms. The van der Waals surface area contributed by atoms with Crippen molar-refractivity contribution in [3.8, 4) is 0 Å². The van der Waals surface area contributed by atoms with Gasteiger partial charge in [-0.1, -0.05) is 12.1 Å². The highest BCUT2D eigenvalue weighted by Crippen LogP contribution is 2.21. The lowest BCUT2D eigenvalue weighted by Crippen LogP contribution is -2.46. The SMILES string of the molecule is CCC(C)(C(=NO)C(=O)NC)n1cccn1. The van der Waals surface area contributed by atoms with Gasteiger partial charge in [-0.15, -0.1) is 0 Å². The van der Waals surface area contributed by atoms with E-state index in [0.717, 1.165) is 0 Å². The first-order chi connectivity index (χ1) is 7.60. The van der Waals surface area contributed by atoms with Crippen molar-refractivity contribution < 1.29 is 10.0 Å². The minimum absolute atomic E-state index is 0.0428. The van der Waals surface area contributed by atoms with Gasteiger partial charge in [-0.25, -0.2) is 0 Å². The third-order valence-electron chi connectivity index (χ3n) is 2.75. The lowest BCUT2D eigenvalue weighted by Gasteiger charge is -2.28. The van der Waals surface area contributed by atoms with Crippen molar-refractivity contribution in [3.05, 3.63) is 18.5 Å². The van der Waals surface area contributed by atoms with E-state index >= 15 is 0 Å². The predicted octanol–water partition coefficient (Wildman–Crippen LogP) is 0.584. The quantitative estimate of drug-likeness (QED) is 0.446. The summed E-state index contributed by atoms with van der Waals surface area (Å²) >= 11 is 0. The Morgan fingerprint density at radius 3 is 2.75 bits per heavy atom. The molecule has 2 N–H and O–H groups in total. The second-order valence-corrected chi connectivity index (χ2v) is 3.61. The Morgan fingerprint density at radius 1 is 1.69 bits per heavy atom. The minimum Gasteiger partial charge on any atom is -0.410 e. The summed E-state index contributed by atoms with van der Waals surface area (Å²) in [6, 6.07) is 1.76. The summed E-state index contributed by atoms with van der Waals surface area (Å²) in [6.45, 7) is 3.69. The summed E-state index contributed by atoms with van der Waals surface area (Å²) in [6.07, 6.45) is 3.94. The number of nitrogens with zero attached hydrogens (tertiary/aromatic N) is 3. The molecule has 1 aromatic rings. The predicted molar refractivity (Wildman–Crippen MR) is 59.5 cm³/mol. The molecule has 0 aliphatic carbocycles. The van der Waals surface area contributed by atoms with Crippen LogP contribution in [0.3, 0.4) is 0 Å². The maximum atomic E-state index is 11.6. The summed E-state index contributed by atoms with van der Waals surface area (Å²) in [5.74, 6) is -0.414. The molecular weight excluding hydrogens is 208 g/mol. The van der Waals surface area contributed by atoms with Crippen molar-refractivity contribution in [1.29, 1.82) is 0 Å². The zero-order valence-corrected chi connectivity index (χ0v) is 9.64. The largest absolute Gasteiger partial charge is 0.410 e. The van der Waals surface area contributed by atoms with Gasteiger partial charge in [0.05, 0.1) is 0 Å². The van der Waals surface area contributed by atoms with Gasteiger partial charge in [0.15, 0.2) is 5.71 Å². The van der Waals surface area contributed by atoms with Gasteiger partial charge >= 0.3 is 0 Å². The normalized spacial score (nSPS) is 15.6. The Kier molecular flexibility index (Phi) is 3.65. The van der Waals surface area contributed by atoms with Crippen molar-refractivity contribution in [2.45, 2.75) is 25.8 Å². The molecule has 1 rings (SSSR count). The van der Waals surface area contributed by atoms with Crippen LogP contribution in [0.25, 0.3) is 0 Å². The number of rotatable bonds is 4. The van der Waals surface area contributed by atoms with Crippen LogP contribution in [0.5, 0.6) is 0 Å². The Bertz CT molecular complexity index is 386. The Labute approximate surface area is 93.9 Å². The third kappa shape index (κ3) is 1.91. The molecule has 6 nitrogen and oxygen atoms in total. The summed E-state index contributed by atoms with van der Waals surface area (Å²) in [5.41, 5.74) is -0.709. The summed E-state index contributed by atoms with van der Waals surface area (Å²) in [5, 5.41) is 18.6. The second kappa shape index (κ2) is 4.78. The van der Waals surface area contributed by atoms with Crippen LogP contribution in [0.15, 0.2) is 23.6 Å². The van der Waals surface area contributed by atoms with E-state index in [-0.39, 0.29) is 5.71 Å². The standard InChI is InChI=1S/C10H16N4O2/c1-4-10(2,14-7-5-6-12-14)8(13-16)9(15)11-3/h5-7,16H,4H2,1-3H3,(H,11,15). The molecule has 88 valence electrons. The lowest BCUT2D eigenvalue weighted by atomic mass is 9.92. The molecule has 1 heterocycles. The number of carbonyl (C=O) groups is 1. The van der Waals surface area contributed by atoms with E-state index in [9.17, 15) is 4.79 Å². The Hall–Kier alpha value is -1.85. The van der Waals surface area contributed by atoms with Crippen molar-refractivity contribution in [3.63, 3.8) is 0 Å². The van der Waals surface area contributed by atoms with Crippen molar-refractivity contribution in [2.24, 2.45) is 5.16 Å². The fraction of sp³-hybridized carbons (Fsp3) is 0.500. The molecule has 0 aliphatic heterocycles. The van der Waals surface area contributed by atoms with Crippen molar-refractivity contribution in [2.75, 3.05) is 7.05 Å². The molecule has 16 heavy (non-hydrogen) atoms. The third-order valence-corrected chi connectivity index (χ3v) is 2.75. The van der Waals surface area contributed by atoms with E-state index in [2.05, 4.69) is 15.6 Å². The monoisotopic (exact) mass is 224 g/mol. The molecule has 0 fully saturated rings. The smallest absolute Gasteiger partial charge is 0.271 e. The Morgan fingerprint density at radius 2 is 2.38 bits per heavy atom.